The Labute approximate surface area is 185 Å². The van der Waals surface area contributed by atoms with Crippen LogP contribution >= 0.6 is 0 Å². The van der Waals surface area contributed by atoms with Gasteiger partial charge in [0.25, 0.3) is 5.91 Å². The number of nitrogens with one attached hydrogen (secondary N) is 1. The number of ether oxygens (including phenoxy) is 1. The van der Waals surface area contributed by atoms with Gasteiger partial charge in [-0.15, -0.1) is 0 Å². The summed E-state index contributed by atoms with van der Waals surface area (Å²) in [5.41, 5.74) is 1.49. The van der Waals surface area contributed by atoms with Crippen molar-refractivity contribution in [3.8, 4) is 22.9 Å². The summed E-state index contributed by atoms with van der Waals surface area (Å²) in [6.45, 7) is 3.22. The molecule has 1 aliphatic rings. The molecule has 1 atom stereocenters. The van der Waals surface area contributed by atoms with Crippen LogP contribution < -0.4 is 10.1 Å². The Morgan fingerprint density at radius 3 is 2.25 bits per heavy atom. The molecule has 9 nitrogen and oxygen atoms in total. The number of urea groups is 1. The third kappa shape index (κ3) is 5.04. The molecule has 9 heteroatoms. The quantitative estimate of drug-likeness (QED) is 0.270. The second kappa shape index (κ2) is 9.49. The number of amides is 4. The summed E-state index contributed by atoms with van der Waals surface area (Å²) in [5, 5.41) is 21.9. The average Bonchev–Trinajstić information content (AvgIpc) is 3.00. The van der Waals surface area contributed by atoms with Gasteiger partial charge in [-0.25, -0.2) is 9.86 Å². The number of nitriles is 1. The van der Waals surface area contributed by atoms with Crippen LogP contribution in [0.25, 0.3) is 11.1 Å². The minimum absolute atomic E-state index is 0.0293. The molecule has 1 aliphatic heterocycles. The van der Waals surface area contributed by atoms with Crippen molar-refractivity contribution < 1.29 is 24.3 Å². The zero-order valence-electron chi connectivity index (χ0n) is 17.8. The lowest BCUT2D eigenvalue weighted by Gasteiger charge is -2.24. The molecular weight excluding hydrogens is 412 g/mol. The number of nitrogens with zero attached hydrogens (tertiary/aromatic N) is 3. The molecule has 0 aliphatic carbocycles. The van der Waals surface area contributed by atoms with Crippen LogP contribution in [0.15, 0.2) is 48.5 Å². The van der Waals surface area contributed by atoms with Gasteiger partial charge in [0.15, 0.2) is 0 Å². The molecule has 1 fully saturated rings. The molecule has 0 bridgehead atoms. The van der Waals surface area contributed by atoms with Crippen molar-refractivity contribution in [3.63, 3.8) is 0 Å². The number of hydrogen-bond acceptors (Lipinski definition) is 6. The lowest BCUT2D eigenvalue weighted by Crippen LogP contribution is -2.42. The Kier molecular flexibility index (Phi) is 6.76. The van der Waals surface area contributed by atoms with Crippen LogP contribution in [-0.2, 0) is 9.59 Å². The third-order valence-corrected chi connectivity index (χ3v) is 5.26. The summed E-state index contributed by atoms with van der Waals surface area (Å²) in [6, 6.07) is 15.2. The monoisotopic (exact) mass is 436 g/mol. The molecule has 2 aromatic carbocycles. The van der Waals surface area contributed by atoms with E-state index in [1.807, 2.05) is 24.3 Å². The maximum absolute atomic E-state index is 12.3. The molecule has 166 valence electrons. The molecule has 0 saturated carbocycles. The normalized spacial score (nSPS) is 15.6. The summed E-state index contributed by atoms with van der Waals surface area (Å²) in [5.74, 6) is 0.166. The molecule has 1 unspecified atom stereocenters. The van der Waals surface area contributed by atoms with E-state index in [4.69, 9.17) is 10.00 Å². The maximum atomic E-state index is 12.3. The number of hydroxylamine groups is 2. The molecule has 2 aromatic rings. The summed E-state index contributed by atoms with van der Waals surface area (Å²) >= 11 is 0. The van der Waals surface area contributed by atoms with Crippen LogP contribution in [0.2, 0.25) is 0 Å². The van der Waals surface area contributed by atoms with Crippen molar-refractivity contribution in [1.29, 1.82) is 5.26 Å². The lowest BCUT2D eigenvalue weighted by atomic mass is 10.0. The summed E-state index contributed by atoms with van der Waals surface area (Å²) in [7, 11) is 0. The first kappa shape index (κ1) is 22.8. The highest BCUT2D eigenvalue weighted by Crippen LogP contribution is 2.23. The number of carbonyl (C=O) groups is 3. The highest BCUT2D eigenvalue weighted by atomic mass is 16.5. The molecule has 2 N–H and O–H groups in total. The fraction of sp³-hybridized carbons (Fsp3) is 0.304. The number of imide groups is 1. The summed E-state index contributed by atoms with van der Waals surface area (Å²) < 4.78 is 5.72. The minimum atomic E-state index is -0.983. The molecule has 3 rings (SSSR count). The van der Waals surface area contributed by atoms with Crippen molar-refractivity contribution in [1.82, 2.24) is 15.3 Å². The van der Waals surface area contributed by atoms with Gasteiger partial charge in [-0.3, -0.25) is 19.7 Å². The van der Waals surface area contributed by atoms with Gasteiger partial charge in [0.05, 0.1) is 17.7 Å². The van der Waals surface area contributed by atoms with Crippen molar-refractivity contribution in [2.45, 2.75) is 31.8 Å². The largest absolute Gasteiger partial charge is 0.491 e. The summed E-state index contributed by atoms with van der Waals surface area (Å²) in [6.07, 6.45) is 0.408. The van der Waals surface area contributed by atoms with Crippen molar-refractivity contribution in [2.75, 3.05) is 13.2 Å². The minimum Gasteiger partial charge on any atom is -0.491 e. The van der Waals surface area contributed by atoms with Gasteiger partial charge in [0, 0.05) is 6.54 Å². The van der Waals surface area contributed by atoms with Gasteiger partial charge in [-0.2, -0.15) is 5.26 Å². The lowest BCUT2D eigenvalue weighted by molar-refractivity contribution is -0.163. The Morgan fingerprint density at radius 2 is 1.75 bits per heavy atom. The van der Waals surface area contributed by atoms with Crippen LogP contribution in [0, 0.1) is 11.3 Å². The highest BCUT2D eigenvalue weighted by Gasteiger charge is 2.44. The van der Waals surface area contributed by atoms with Gasteiger partial charge in [-0.05, 0) is 55.7 Å². The van der Waals surface area contributed by atoms with Gasteiger partial charge >= 0.3 is 6.03 Å². The van der Waals surface area contributed by atoms with E-state index in [-0.39, 0.29) is 31.9 Å². The SMILES string of the molecule is CC1(C)NC(=O)N(CCC(COc2ccc(-c3ccc(C#N)cc3)cc2)N(O)C=O)C1=O. The molecule has 4 amide bonds. The number of rotatable bonds is 9. The Morgan fingerprint density at radius 1 is 1.16 bits per heavy atom. The Hall–Kier alpha value is -3.90. The van der Waals surface area contributed by atoms with Crippen molar-refractivity contribution in [3.05, 3.63) is 54.1 Å². The molecule has 0 spiro atoms. The predicted octanol–water partition coefficient (Wildman–Crippen LogP) is 2.54. The zero-order valence-corrected chi connectivity index (χ0v) is 17.8. The molecular formula is C23H24N4O5. The van der Waals surface area contributed by atoms with E-state index >= 15 is 0 Å². The van der Waals surface area contributed by atoms with E-state index in [2.05, 4.69) is 11.4 Å². The zero-order chi connectivity index (χ0) is 23.3. The van der Waals surface area contributed by atoms with Crippen LogP contribution in [-0.4, -0.2) is 58.3 Å². The van der Waals surface area contributed by atoms with Crippen LogP contribution in [0.1, 0.15) is 25.8 Å². The maximum Gasteiger partial charge on any atom is 0.325 e. The van der Waals surface area contributed by atoms with Gasteiger partial charge < -0.3 is 10.1 Å². The van der Waals surface area contributed by atoms with Crippen LogP contribution in [0.3, 0.4) is 0 Å². The first-order valence-electron chi connectivity index (χ1n) is 10.0. The van der Waals surface area contributed by atoms with Gasteiger partial charge in [-0.1, -0.05) is 24.3 Å². The molecule has 0 aromatic heterocycles. The fourth-order valence-electron chi connectivity index (χ4n) is 3.35. The van der Waals surface area contributed by atoms with Gasteiger partial charge in [0.2, 0.25) is 6.41 Å². The third-order valence-electron chi connectivity index (χ3n) is 5.26. The predicted molar refractivity (Wildman–Crippen MR) is 115 cm³/mol. The molecule has 1 heterocycles. The van der Waals surface area contributed by atoms with E-state index in [1.54, 1.807) is 38.1 Å². The highest BCUT2D eigenvalue weighted by molar-refractivity contribution is 6.06. The summed E-state index contributed by atoms with van der Waals surface area (Å²) in [4.78, 5) is 36.5. The molecule has 0 radical (unpaired) electrons. The number of carbonyl (C=O) groups excluding carboxylic acids is 3. The first-order chi connectivity index (χ1) is 15.2. The van der Waals surface area contributed by atoms with E-state index in [1.165, 1.54) is 0 Å². The van der Waals surface area contributed by atoms with E-state index in [0.29, 0.717) is 16.4 Å². The van der Waals surface area contributed by atoms with E-state index < -0.39 is 17.6 Å². The topological polar surface area (TPSA) is 123 Å². The smallest absolute Gasteiger partial charge is 0.325 e. The van der Waals surface area contributed by atoms with Crippen molar-refractivity contribution >= 4 is 18.3 Å². The molecule has 32 heavy (non-hydrogen) atoms. The molecule has 1 saturated heterocycles. The van der Waals surface area contributed by atoms with Crippen LogP contribution in [0.5, 0.6) is 5.75 Å². The first-order valence-corrected chi connectivity index (χ1v) is 10.0. The Balaban J connectivity index is 1.60. The van der Waals surface area contributed by atoms with E-state index in [9.17, 15) is 19.6 Å². The number of hydrogen-bond donors (Lipinski definition) is 2. The standard InChI is InChI=1S/C23H24N4O5/c1-23(2)21(29)26(22(30)25-23)12-11-19(27(31)15-28)14-32-20-9-7-18(8-10-20)17-5-3-16(13-24)4-6-17/h3-10,15,19,31H,11-12,14H2,1-2H3,(H,25,30). The number of benzene rings is 2. The van der Waals surface area contributed by atoms with Crippen molar-refractivity contribution in [2.24, 2.45) is 0 Å². The van der Waals surface area contributed by atoms with Crippen LogP contribution in [0.4, 0.5) is 4.79 Å². The van der Waals surface area contributed by atoms with Gasteiger partial charge in [0.1, 0.15) is 17.9 Å². The second-order valence-electron chi connectivity index (χ2n) is 7.96. The average molecular weight is 436 g/mol. The van der Waals surface area contributed by atoms with E-state index in [0.717, 1.165) is 16.0 Å². The Bertz CT molecular complexity index is 1030. The fourth-order valence-corrected chi connectivity index (χ4v) is 3.35. The second-order valence-corrected chi connectivity index (χ2v) is 7.96.